The van der Waals surface area contributed by atoms with Gasteiger partial charge in [0, 0.05) is 18.6 Å². The third-order valence-corrected chi connectivity index (χ3v) is 3.32. The molecule has 1 N–H and O–H groups in total. The fourth-order valence-corrected chi connectivity index (χ4v) is 2.60. The maximum Gasteiger partial charge on any atom is 0.240 e. The predicted molar refractivity (Wildman–Crippen MR) is 66.4 cm³/mol. The van der Waals surface area contributed by atoms with Gasteiger partial charge in [0.1, 0.15) is 0 Å². The van der Waals surface area contributed by atoms with Crippen molar-refractivity contribution in [1.29, 1.82) is 0 Å². The SMILES string of the molecule is CNCCC1C(=O)N(C(C)C)C(C)CN1C. The van der Waals surface area contributed by atoms with E-state index in [0.717, 1.165) is 19.5 Å². The molecule has 0 aromatic carbocycles. The Balaban J connectivity index is 2.73. The van der Waals surface area contributed by atoms with Crippen molar-refractivity contribution in [2.45, 2.75) is 45.3 Å². The smallest absolute Gasteiger partial charge is 0.240 e. The van der Waals surface area contributed by atoms with Crippen LogP contribution in [0, 0.1) is 0 Å². The summed E-state index contributed by atoms with van der Waals surface area (Å²) in [6.45, 7) is 8.17. The molecule has 2 atom stereocenters. The highest BCUT2D eigenvalue weighted by molar-refractivity contribution is 5.83. The minimum Gasteiger partial charge on any atom is -0.335 e. The highest BCUT2D eigenvalue weighted by atomic mass is 16.2. The quantitative estimate of drug-likeness (QED) is 0.761. The summed E-state index contributed by atoms with van der Waals surface area (Å²) < 4.78 is 0. The fraction of sp³-hybridized carbons (Fsp3) is 0.917. The Kier molecular flexibility index (Phi) is 4.74. The second kappa shape index (κ2) is 5.64. The zero-order valence-electron chi connectivity index (χ0n) is 11.2. The van der Waals surface area contributed by atoms with E-state index >= 15 is 0 Å². The van der Waals surface area contributed by atoms with Crippen LogP contribution in [-0.4, -0.2) is 61.0 Å². The summed E-state index contributed by atoms with van der Waals surface area (Å²) in [6.07, 6.45) is 0.891. The molecule has 1 aliphatic rings. The minimum atomic E-state index is 0.0473. The van der Waals surface area contributed by atoms with Gasteiger partial charge >= 0.3 is 0 Å². The molecule has 1 heterocycles. The molecule has 94 valence electrons. The van der Waals surface area contributed by atoms with Gasteiger partial charge in [-0.05, 0) is 47.8 Å². The lowest BCUT2D eigenvalue weighted by atomic mass is 10.0. The average molecular weight is 227 g/mol. The van der Waals surface area contributed by atoms with Crippen LogP contribution in [-0.2, 0) is 4.79 Å². The van der Waals surface area contributed by atoms with Crippen LogP contribution < -0.4 is 5.32 Å². The van der Waals surface area contributed by atoms with E-state index in [1.165, 1.54) is 0 Å². The Bertz CT molecular complexity index is 242. The third kappa shape index (κ3) is 2.74. The molecule has 1 fully saturated rings. The van der Waals surface area contributed by atoms with Gasteiger partial charge in [-0.2, -0.15) is 0 Å². The summed E-state index contributed by atoms with van der Waals surface area (Å²) >= 11 is 0. The van der Waals surface area contributed by atoms with Gasteiger partial charge in [0.05, 0.1) is 6.04 Å². The second-order valence-electron chi connectivity index (χ2n) is 5.04. The van der Waals surface area contributed by atoms with E-state index in [2.05, 4.69) is 31.0 Å². The first-order valence-electron chi connectivity index (χ1n) is 6.16. The monoisotopic (exact) mass is 227 g/mol. The standard InChI is InChI=1S/C12H25N3O/c1-9(2)15-10(3)8-14(5)11(12(15)16)6-7-13-4/h9-11,13H,6-8H2,1-5H3. The van der Waals surface area contributed by atoms with Crippen LogP contribution in [0.3, 0.4) is 0 Å². The third-order valence-electron chi connectivity index (χ3n) is 3.32. The van der Waals surface area contributed by atoms with Crippen molar-refractivity contribution in [2.24, 2.45) is 0 Å². The van der Waals surface area contributed by atoms with Gasteiger partial charge in [0.2, 0.25) is 5.91 Å². The van der Waals surface area contributed by atoms with Crippen molar-refractivity contribution < 1.29 is 4.79 Å². The zero-order valence-corrected chi connectivity index (χ0v) is 11.2. The highest BCUT2D eigenvalue weighted by Gasteiger charge is 2.37. The molecule has 1 amide bonds. The van der Waals surface area contributed by atoms with Gasteiger partial charge in [0.25, 0.3) is 0 Å². The summed E-state index contributed by atoms with van der Waals surface area (Å²) in [4.78, 5) is 16.6. The molecule has 0 saturated carbocycles. The number of piperazine rings is 1. The number of amides is 1. The molecule has 1 saturated heterocycles. The number of hydrogen-bond acceptors (Lipinski definition) is 3. The van der Waals surface area contributed by atoms with Crippen LogP contribution in [0.5, 0.6) is 0 Å². The molecule has 0 bridgehead atoms. The lowest BCUT2D eigenvalue weighted by molar-refractivity contribution is -0.147. The molecule has 1 rings (SSSR count). The van der Waals surface area contributed by atoms with Crippen LogP contribution in [0.2, 0.25) is 0 Å². The van der Waals surface area contributed by atoms with Crippen molar-refractivity contribution in [3.05, 3.63) is 0 Å². The summed E-state index contributed by atoms with van der Waals surface area (Å²) in [6, 6.07) is 0.669. The van der Waals surface area contributed by atoms with E-state index in [1.54, 1.807) is 0 Å². The van der Waals surface area contributed by atoms with Crippen molar-refractivity contribution in [3.8, 4) is 0 Å². The largest absolute Gasteiger partial charge is 0.335 e. The maximum atomic E-state index is 12.4. The average Bonchev–Trinajstić information content (AvgIpc) is 2.16. The Morgan fingerprint density at radius 1 is 1.50 bits per heavy atom. The Hall–Kier alpha value is -0.610. The van der Waals surface area contributed by atoms with E-state index < -0.39 is 0 Å². The van der Waals surface area contributed by atoms with Crippen LogP contribution in [0.25, 0.3) is 0 Å². The molecule has 0 spiro atoms. The zero-order chi connectivity index (χ0) is 12.3. The van der Waals surface area contributed by atoms with Gasteiger partial charge in [-0.15, -0.1) is 0 Å². The number of nitrogens with zero attached hydrogens (tertiary/aromatic N) is 2. The van der Waals surface area contributed by atoms with Gasteiger partial charge in [-0.25, -0.2) is 0 Å². The number of carbonyl (C=O) groups excluding carboxylic acids is 1. The molecular formula is C12H25N3O. The van der Waals surface area contributed by atoms with Crippen LogP contribution in [0.4, 0.5) is 0 Å². The van der Waals surface area contributed by atoms with Crippen molar-refractivity contribution in [3.63, 3.8) is 0 Å². The number of nitrogens with one attached hydrogen (secondary N) is 1. The Morgan fingerprint density at radius 2 is 2.12 bits per heavy atom. The number of rotatable bonds is 4. The van der Waals surface area contributed by atoms with E-state index in [-0.39, 0.29) is 11.9 Å². The highest BCUT2D eigenvalue weighted by Crippen LogP contribution is 2.19. The lowest BCUT2D eigenvalue weighted by Crippen LogP contribution is -2.61. The number of hydrogen-bond donors (Lipinski definition) is 1. The molecule has 0 aliphatic carbocycles. The lowest BCUT2D eigenvalue weighted by Gasteiger charge is -2.45. The molecule has 4 nitrogen and oxygen atoms in total. The molecule has 16 heavy (non-hydrogen) atoms. The van der Waals surface area contributed by atoms with E-state index in [4.69, 9.17) is 0 Å². The molecule has 2 unspecified atom stereocenters. The molecule has 0 aromatic heterocycles. The summed E-state index contributed by atoms with van der Waals surface area (Å²) in [7, 11) is 3.97. The molecule has 0 aromatic rings. The predicted octanol–water partition coefficient (Wildman–Crippen LogP) is 0.535. The Labute approximate surface area is 99.0 Å². The fourth-order valence-electron chi connectivity index (χ4n) is 2.60. The van der Waals surface area contributed by atoms with Gasteiger partial charge in [-0.3, -0.25) is 9.69 Å². The summed E-state index contributed by atoms with van der Waals surface area (Å²) in [5, 5.41) is 3.11. The number of carbonyl (C=O) groups is 1. The van der Waals surface area contributed by atoms with Crippen LogP contribution >= 0.6 is 0 Å². The molecule has 0 radical (unpaired) electrons. The normalized spacial score (nSPS) is 27.9. The van der Waals surface area contributed by atoms with Crippen molar-refractivity contribution in [2.75, 3.05) is 27.2 Å². The minimum absolute atomic E-state index is 0.0473. The van der Waals surface area contributed by atoms with E-state index in [0.29, 0.717) is 12.1 Å². The molecular weight excluding hydrogens is 202 g/mol. The second-order valence-corrected chi connectivity index (χ2v) is 5.04. The van der Waals surface area contributed by atoms with Crippen LogP contribution in [0.1, 0.15) is 27.2 Å². The topological polar surface area (TPSA) is 35.6 Å². The van der Waals surface area contributed by atoms with Crippen LogP contribution in [0.15, 0.2) is 0 Å². The first-order chi connectivity index (χ1) is 7.49. The molecule has 1 aliphatic heterocycles. The number of likely N-dealkylation sites (N-methyl/N-ethyl adjacent to an activating group) is 1. The summed E-state index contributed by atoms with van der Waals surface area (Å²) in [5.41, 5.74) is 0. The molecule has 4 heteroatoms. The van der Waals surface area contributed by atoms with Crippen molar-refractivity contribution >= 4 is 5.91 Å². The first-order valence-corrected chi connectivity index (χ1v) is 6.16. The van der Waals surface area contributed by atoms with Crippen molar-refractivity contribution in [1.82, 2.24) is 15.1 Å². The van der Waals surface area contributed by atoms with Gasteiger partial charge in [-0.1, -0.05) is 0 Å². The van der Waals surface area contributed by atoms with Gasteiger partial charge in [0.15, 0.2) is 0 Å². The van der Waals surface area contributed by atoms with E-state index in [9.17, 15) is 4.79 Å². The maximum absolute atomic E-state index is 12.4. The van der Waals surface area contributed by atoms with E-state index in [1.807, 2.05) is 19.0 Å². The summed E-state index contributed by atoms with van der Waals surface area (Å²) in [5.74, 6) is 0.284. The van der Waals surface area contributed by atoms with Gasteiger partial charge < -0.3 is 10.2 Å². The Morgan fingerprint density at radius 3 is 2.62 bits per heavy atom. The first kappa shape index (κ1) is 13.5.